The van der Waals surface area contributed by atoms with Crippen LogP contribution >= 0.6 is 0 Å². The number of carbonyl (C=O) groups is 1. The van der Waals surface area contributed by atoms with E-state index < -0.39 is 5.60 Å². The average Bonchev–Trinajstić information content (AvgIpc) is 3.14. The zero-order valence-corrected chi connectivity index (χ0v) is 34.1. The van der Waals surface area contributed by atoms with Gasteiger partial charge in [0, 0.05) is 0 Å². The summed E-state index contributed by atoms with van der Waals surface area (Å²) < 4.78 is 65.9. The van der Waals surface area contributed by atoms with E-state index in [1.807, 2.05) is 32.9 Å². The standard InChI is InChI=1S/C41H74O13/c1-5-6-7-8-9-10-11-38-12-14-39(15-13-38)53-37-36-52-35-34-51-33-32-50-31-30-49-29-28-48-27-26-47-25-24-46-23-22-45-21-20-44-19-18-43-17-16-40(42)54-41(2,3)4/h12-15H,5-11,16-37H2,1-4H3. The molecule has 0 saturated heterocycles. The molecule has 1 aromatic rings. The lowest BCUT2D eigenvalue weighted by Crippen LogP contribution is -2.24. The largest absolute Gasteiger partial charge is 0.491 e. The van der Waals surface area contributed by atoms with Gasteiger partial charge in [-0.25, -0.2) is 0 Å². The van der Waals surface area contributed by atoms with E-state index in [-0.39, 0.29) is 12.4 Å². The van der Waals surface area contributed by atoms with Gasteiger partial charge in [-0.2, -0.15) is 0 Å². The van der Waals surface area contributed by atoms with E-state index in [2.05, 4.69) is 19.1 Å². The molecule has 54 heavy (non-hydrogen) atoms. The smallest absolute Gasteiger partial charge is 0.308 e. The van der Waals surface area contributed by atoms with Gasteiger partial charge in [0.2, 0.25) is 0 Å². The second-order valence-corrected chi connectivity index (χ2v) is 13.5. The molecule has 1 rings (SSSR count). The summed E-state index contributed by atoms with van der Waals surface area (Å²) in [6, 6.07) is 8.43. The van der Waals surface area contributed by atoms with Crippen molar-refractivity contribution in [1.82, 2.24) is 0 Å². The molecule has 1 aromatic carbocycles. The monoisotopic (exact) mass is 775 g/mol. The predicted octanol–water partition coefficient (Wildman–Crippen LogP) is 5.87. The molecule has 0 bridgehead atoms. The van der Waals surface area contributed by atoms with Crippen molar-refractivity contribution in [2.75, 3.05) is 139 Å². The van der Waals surface area contributed by atoms with Gasteiger partial charge in [0.15, 0.2) is 0 Å². The molecule has 0 heterocycles. The molecule has 316 valence electrons. The molecule has 0 atom stereocenters. The Bertz CT molecular complexity index is 927. The van der Waals surface area contributed by atoms with Gasteiger partial charge >= 0.3 is 5.97 Å². The minimum atomic E-state index is -0.474. The summed E-state index contributed by atoms with van der Waals surface area (Å²) in [5.41, 5.74) is 0.900. The molecule has 13 heteroatoms. The molecular formula is C41H74O13. The van der Waals surface area contributed by atoms with Gasteiger partial charge in [0.25, 0.3) is 0 Å². The molecule has 0 aliphatic heterocycles. The third-order valence-corrected chi connectivity index (χ3v) is 7.46. The molecular weight excluding hydrogens is 700 g/mol. The molecule has 0 N–H and O–H groups in total. The van der Waals surface area contributed by atoms with E-state index in [1.54, 1.807) is 0 Å². The molecule has 0 aromatic heterocycles. The number of carbonyl (C=O) groups excluding carboxylic acids is 1. The third-order valence-electron chi connectivity index (χ3n) is 7.46. The van der Waals surface area contributed by atoms with Crippen LogP contribution in [-0.2, 0) is 63.3 Å². The first-order chi connectivity index (χ1) is 26.4. The van der Waals surface area contributed by atoms with E-state index in [0.29, 0.717) is 139 Å². The van der Waals surface area contributed by atoms with Gasteiger partial charge < -0.3 is 56.8 Å². The van der Waals surface area contributed by atoms with Gasteiger partial charge in [0.05, 0.1) is 139 Å². The second-order valence-electron chi connectivity index (χ2n) is 13.5. The number of rotatable bonds is 41. The molecule has 0 fully saturated rings. The lowest BCUT2D eigenvalue weighted by molar-refractivity contribution is -0.156. The normalized spacial score (nSPS) is 11.7. The second kappa shape index (κ2) is 38.0. The number of ether oxygens (including phenoxy) is 12. The van der Waals surface area contributed by atoms with E-state index in [4.69, 9.17) is 56.8 Å². The van der Waals surface area contributed by atoms with Crippen molar-refractivity contribution in [2.45, 2.75) is 84.7 Å². The summed E-state index contributed by atoms with van der Waals surface area (Å²) in [6.45, 7) is 18.0. The molecule has 13 nitrogen and oxygen atoms in total. The topological polar surface area (TPSA) is 128 Å². The zero-order chi connectivity index (χ0) is 39.1. The van der Waals surface area contributed by atoms with Crippen molar-refractivity contribution in [3.63, 3.8) is 0 Å². The van der Waals surface area contributed by atoms with E-state index in [0.717, 1.165) is 12.2 Å². The molecule has 0 spiro atoms. The van der Waals surface area contributed by atoms with Crippen LogP contribution in [0, 0.1) is 0 Å². The number of aryl methyl sites for hydroxylation is 1. The van der Waals surface area contributed by atoms with E-state index in [9.17, 15) is 4.79 Å². The first-order valence-electron chi connectivity index (χ1n) is 20.1. The van der Waals surface area contributed by atoms with Crippen LogP contribution in [0.25, 0.3) is 0 Å². The number of unbranched alkanes of at least 4 members (excludes halogenated alkanes) is 5. The molecule has 0 aliphatic rings. The first-order valence-corrected chi connectivity index (χ1v) is 20.1. The van der Waals surface area contributed by atoms with Crippen LogP contribution < -0.4 is 4.74 Å². The fraction of sp³-hybridized carbons (Fsp3) is 0.829. The minimum Gasteiger partial charge on any atom is -0.491 e. The fourth-order valence-electron chi connectivity index (χ4n) is 4.71. The Morgan fingerprint density at radius 2 is 0.778 bits per heavy atom. The highest BCUT2D eigenvalue weighted by Crippen LogP contribution is 2.15. The highest BCUT2D eigenvalue weighted by atomic mass is 16.6. The number of esters is 1. The summed E-state index contributed by atoms with van der Waals surface area (Å²) in [7, 11) is 0. The third kappa shape index (κ3) is 37.0. The van der Waals surface area contributed by atoms with Crippen molar-refractivity contribution in [3.8, 4) is 5.75 Å². The summed E-state index contributed by atoms with van der Waals surface area (Å²) >= 11 is 0. The lowest BCUT2D eigenvalue weighted by atomic mass is 10.0. The maximum atomic E-state index is 11.6. The maximum Gasteiger partial charge on any atom is 0.308 e. The first kappa shape index (κ1) is 50.1. The van der Waals surface area contributed by atoms with Crippen LogP contribution in [0.2, 0.25) is 0 Å². The Hall–Kier alpha value is -1.91. The highest BCUT2D eigenvalue weighted by Gasteiger charge is 2.15. The van der Waals surface area contributed by atoms with Crippen LogP contribution in [0.3, 0.4) is 0 Å². The van der Waals surface area contributed by atoms with Crippen molar-refractivity contribution in [3.05, 3.63) is 29.8 Å². The minimum absolute atomic E-state index is 0.232. The van der Waals surface area contributed by atoms with Crippen molar-refractivity contribution < 1.29 is 61.6 Å². The Morgan fingerprint density at radius 3 is 1.15 bits per heavy atom. The van der Waals surface area contributed by atoms with E-state index >= 15 is 0 Å². The Kier molecular flexibility index (Phi) is 35.2. The Labute approximate surface area is 326 Å². The quantitative estimate of drug-likeness (QED) is 0.0582. The van der Waals surface area contributed by atoms with Crippen LogP contribution in [0.5, 0.6) is 5.75 Å². The van der Waals surface area contributed by atoms with Gasteiger partial charge in [-0.05, 0) is 51.3 Å². The fourth-order valence-corrected chi connectivity index (χ4v) is 4.71. The van der Waals surface area contributed by atoms with Gasteiger partial charge in [-0.1, -0.05) is 51.2 Å². The summed E-state index contributed by atoms with van der Waals surface area (Å²) in [5.74, 6) is 0.618. The molecule has 0 amide bonds. The van der Waals surface area contributed by atoms with Crippen molar-refractivity contribution in [2.24, 2.45) is 0 Å². The van der Waals surface area contributed by atoms with Crippen molar-refractivity contribution >= 4 is 5.97 Å². The molecule has 0 unspecified atom stereocenters. The average molecular weight is 775 g/mol. The summed E-state index contributed by atoms with van der Waals surface area (Å²) in [6.07, 6.45) is 9.30. The zero-order valence-electron chi connectivity index (χ0n) is 34.1. The van der Waals surface area contributed by atoms with Crippen LogP contribution in [0.15, 0.2) is 24.3 Å². The molecule has 0 aliphatic carbocycles. The van der Waals surface area contributed by atoms with Crippen molar-refractivity contribution in [1.29, 1.82) is 0 Å². The van der Waals surface area contributed by atoms with Gasteiger partial charge in [-0.15, -0.1) is 0 Å². The van der Waals surface area contributed by atoms with Gasteiger partial charge in [-0.3, -0.25) is 4.79 Å². The highest BCUT2D eigenvalue weighted by molar-refractivity contribution is 5.69. The number of hydrogen-bond donors (Lipinski definition) is 0. The maximum absolute atomic E-state index is 11.6. The molecule has 0 radical (unpaired) electrons. The van der Waals surface area contributed by atoms with Gasteiger partial charge in [0.1, 0.15) is 18.0 Å². The van der Waals surface area contributed by atoms with E-state index in [1.165, 1.54) is 44.1 Å². The summed E-state index contributed by atoms with van der Waals surface area (Å²) in [5, 5.41) is 0. The van der Waals surface area contributed by atoms with Crippen LogP contribution in [-0.4, -0.2) is 150 Å². The molecule has 0 saturated carbocycles. The lowest BCUT2D eigenvalue weighted by Gasteiger charge is -2.19. The summed E-state index contributed by atoms with van der Waals surface area (Å²) in [4.78, 5) is 11.6. The predicted molar refractivity (Wildman–Crippen MR) is 208 cm³/mol. The SMILES string of the molecule is CCCCCCCCc1ccc(OCCOCCOCCOCCOCCOCCOCCOCCOCCOCCOCCC(=O)OC(C)(C)C)cc1. The van der Waals surface area contributed by atoms with Crippen LogP contribution in [0.4, 0.5) is 0 Å². The Balaban J connectivity index is 1.69. The van der Waals surface area contributed by atoms with Crippen LogP contribution in [0.1, 0.15) is 78.2 Å². The number of benzene rings is 1. The Morgan fingerprint density at radius 1 is 0.444 bits per heavy atom. The number of hydrogen-bond acceptors (Lipinski definition) is 13.